The van der Waals surface area contributed by atoms with Crippen LogP contribution < -0.4 is 5.32 Å². The van der Waals surface area contributed by atoms with E-state index in [1.165, 1.54) is 5.56 Å². The molecule has 0 unspecified atom stereocenters. The number of rotatable bonds is 6. The molecule has 1 N–H and O–H groups in total. The lowest BCUT2D eigenvalue weighted by Crippen LogP contribution is -2.43. The number of carbonyl (C=O) groups is 1. The smallest absolute Gasteiger partial charge is 0.253 e. The molecule has 1 amide bonds. The predicted octanol–water partition coefficient (Wildman–Crippen LogP) is 2.53. The average Bonchev–Trinajstić information content (AvgIpc) is 2.96. The maximum atomic E-state index is 12.7. The summed E-state index contributed by atoms with van der Waals surface area (Å²) in [6, 6.07) is 11.3. The Kier molecular flexibility index (Phi) is 6.25. The molecule has 138 valence electrons. The van der Waals surface area contributed by atoms with Gasteiger partial charge in [0.15, 0.2) is 0 Å². The third-order valence-corrected chi connectivity index (χ3v) is 5.01. The third-order valence-electron chi connectivity index (χ3n) is 4.68. The Morgan fingerprint density at radius 1 is 1.27 bits per heavy atom. The molecule has 26 heavy (non-hydrogen) atoms. The number of nitrogens with zero attached hydrogens (tertiary/aromatic N) is 3. The zero-order valence-corrected chi connectivity index (χ0v) is 16.0. The lowest BCUT2D eigenvalue weighted by Gasteiger charge is -2.23. The SMILES string of the molecule is CN(C)C[C@@H]1CN(Cc2cccnc2)C[C@H]1NC(=O)c1ccccc1Cl. The largest absolute Gasteiger partial charge is 0.348 e. The first-order valence-corrected chi connectivity index (χ1v) is 9.22. The fourth-order valence-corrected chi connectivity index (χ4v) is 3.77. The van der Waals surface area contributed by atoms with Gasteiger partial charge < -0.3 is 10.2 Å². The van der Waals surface area contributed by atoms with Crippen LogP contribution in [-0.4, -0.2) is 60.5 Å². The molecule has 1 saturated heterocycles. The Morgan fingerprint density at radius 3 is 2.77 bits per heavy atom. The molecule has 2 atom stereocenters. The average molecular weight is 373 g/mol. The van der Waals surface area contributed by atoms with Crippen molar-refractivity contribution in [1.82, 2.24) is 20.1 Å². The maximum Gasteiger partial charge on any atom is 0.253 e. The molecule has 3 rings (SSSR count). The highest BCUT2D eigenvalue weighted by Crippen LogP contribution is 2.22. The highest BCUT2D eigenvalue weighted by atomic mass is 35.5. The van der Waals surface area contributed by atoms with Crippen molar-refractivity contribution in [2.24, 2.45) is 5.92 Å². The van der Waals surface area contributed by atoms with E-state index >= 15 is 0 Å². The fraction of sp³-hybridized carbons (Fsp3) is 0.400. The van der Waals surface area contributed by atoms with Crippen LogP contribution in [0.1, 0.15) is 15.9 Å². The highest BCUT2D eigenvalue weighted by Gasteiger charge is 2.34. The molecule has 2 aromatic rings. The van der Waals surface area contributed by atoms with Crippen LogP contribution in [0.2, 0.25) is 5.02 Å². The number of likely N-dealkylation sites (tertiary alicyclic amines) is 1. The maximum absolute atomic E-state index is 12.7. The molecule has 0 saturated carbocycles. The first-order valence-electron chi connectivity index (χ1n) is 8.84. The van der Waals surface area contributed by atoms with Crippen LogP contribution in [0.5, 0.6) is 0 Å². The molecule has 1 fully saturated rings. The molecule has 2 heterocycles. The van der Waals surface area contributed by atoms with Gasteiger partial charge in [0.25, 0.3) is 5.91 Å². The molecule has 0 spiro atoms. The lowest BCUT2D eigenvalue weighted by molar-refractivity contribution is 0.0927. The number of hydrogen-bond donors (Lipinski definition) is 1. The summed E-state index contributed by atoms with van der Waals surface area (Å²) in [6.45, 7) is 3.54. The van der Waals surface area contributed by atoms with E-state index in [2.05, 4.69) is 40.3 Å². The Morgan fingerprint density at radius 2 is 2.08 bits per heavy atom. The Balaban J connectivity index is 1.69. The van der Waals surface area contributed by atoms with Crippen molar-refractivity contribution in [3.05, 3.63) is 64.9 Å². The lowest BCUT2D eigenvalue weighted by atomic mass is 10.0. The van der Waals surface area contributed by atoms with Gasteiger partial charge in [-0.25, -0.2) is 0 Å². The second-order valence-electron chi connectivity index (χ2n) is 7.14. The highest BCUT2D eigenvalue weighted by molar-refractivity contribution is 6.33. The molecule has 0 bridgehead atoms. The summed E-state index contributed by atoms with van der Waals surface area (Å²) in [7, 11) is 4.13. The predicted molar refractivity (Wildman–Crippen MR) is 104 cm³/mol. The third kappa shape index (κ3) is 4.81. The van der Waals surface area contributed by atoms with Crippen molar-refractivity contribution >= 4 is 17.5 Å². The van der Waals surface area contributed by atoms with Crippen molar-refractivity contribution in [3.8, 4) is 0 Å². The van der Waals surface area contributed by atoms with E-state index < -0.39 is 0 Å². The van der Waals surface area contributed by atoms with Gasteiger partial charge in [0.05, 0.1) is 10.6 Å². The van der Waals surface area contributed by atoms with E-state index in [0.717, 1.165) is 26.2 Å². The number of pyridine rings is 1. The standard InChI is InChI=1S/C20H25ClN4O/c1-24(2)12-16-13-25(11-15-6-5-9-22-10-15)14-19(16)23-20(26)17-7-3-4-8-18(17)21/h3-10,16,19H,11-14H2,1-2H3,(H,23,26)/t16-,19-/m1/s1. The number of carbonyl (C=O) groups excluding carboxylic acids is 1. The zero-order chi connectivity index (χ0) is 18.5. The van der Waals surface area contributed by atoms with E-state index in [0.29, 0.717) is 16.5 Å². The number of amides is 1. The normalized spacial score (nSPS) is 20.5. The number of hydrogen-bond acceptors (Lipinski definition) is 4. The Labute approximate surface area is 160 Å². The molecule has 1 aromatic heterocycles. The summed E-state index contributed by atoms with van der Waals surface area (Å²) in [6.07, 6.45) is 3.69. The van der Waals surface area contributed by atoms with Crippen molar-refractivity contribution < 1.29 is 4.79 Å². The summed E-state index contributed by atoms with van der Waals surface area (Å²) >= 11 is 6.17. The number of aromatic nitrogens is 1. The Bertz CT molecular complexity index is 738. The summed E-state index contributed by atoms with van der Waals surface area (Å²) in [5.41, 5.74) is 1.72. The van der Waals surface area contributed by atoms with Gasteiger partial charge in [-0.1, -0.05) is 29.8 Å². The van der Waals surface area contributed by atoms with Crippen LogP contribution in [0.4, 0.5) is 0 Å². The van der Waals surface area contributed by atoms with E-state index in [-0.39, 0.29) is 11.9 Å². The van der Waals surface area contributed by atoms with Gasteiger partial charge in [0.1, 0.15) is 0 Å². The van der Waals surface area contributed by atoms with Crippen LogP contribution in [-0.2, 0) is 6.54 Å². The second kappa shape index (κ2) is 8.62. The molecule has 0 aliphatic carbocycles. The van der Waals surface area contributed by atoms with Gasteiger partial charge in [-0.3, -0.25) is 14.7 Å². The van der Waals surface area contributed by atoms with Gasteiger partial charge in [-0.15, -0.1) is 0 Å². The van der Waals surface area contributed by atoms with Gasteiger partial charge in [-0.05, 0) is 37.9 Å². The topological polar surface area (TPSA) is 48.5 Å². The Hall–Kier alpha value is -1.95. The van der Waals surface area contributed by atoms with Crippen molar-refractivity contribution in [2.75, 3.05) is 33.7 Å². The molecule has 1 aromatic carbocycles. The minimum atomic E-state index is -0.104. The molecule has 1 aliphatic rings. The van der Waals surface area contributed by atoms with Crippen molar-refractivity contribution in [3.63, 3.8) is 0 Å². The van der Waals surface area contributed by atoms with Crippen LogP contribution in [0.25, 0.3) is 0 Å². The first kappa shape index (κ1) is 18.8. The van der Waals surface area contributed by atoms with E-state index in [4.69, 9.17) is 11.6 Å². The summed E-state index contributed by atoms with van der Waals surface area (Å²) in [5.74, 6) is 0.265. The van der Waals surface area contributed by atoms with Crippen LogP contribution in [0.3, 0.4) is 0 Å². The molecule has 0 radical (unpaired) electrons. The summed E-state index contributed by atoms with van der Waals surface area (Å²) in [4.78, 5) is 21.4. The molecular weight excluding hydrogens is 348 g/mol. The van der Waals surface area contributed by atoms with E-state index in [1.807, 2.05) is 24.4 Å². The molecular formula is C20H25ClN4O. The minimum absolute atomic E-state index is 0.0952. The van der Waals surface area contributed by atoms with Crippen LogP contribution in [0.15, 0.2) is 48.8 Å². The van der Waals surface area contributed by atoms with Crippen LogP contribution in [0, 0.1) is 5.92 Å². The van der Waals surface area contributed by atoms with Gasteiger partial charge >= 0.3 is 0 Å². The first-order chi connectivity index (χ1) is 12.5. The van der Waals surface area contributed by atoms with Gasteiger partial charge in [0.2, 0.25) is 0 Å². The zero-order valence-electron chi connectivity index (χ0n) is 15.2. The molecule has 1 aliphatic heterocycles. The van der Waals surface area contributed by atoms with E-state index in [9.17, 15) is 4.79 Å². The van der Waals surface area contributed by atoms with Crippen molar-refractivity contribution in [2.45, 2.75) is 12.6 Å². The van der Waals surface area contributed by atoms with E-state index in [1.54, 1.807) is 18.3 Å². The van der Waals surface area contributed by atoms with Crippen molar-refractivity contribution in [1.29, 1.82) is 0 Å². The number of halogens is 1. The van der Waals surface area contributed by atoms with Gasteiger partial charge in [0, 0.05) is 50.5 Å². The number of nitrogens with one attached hydrogen (secondary N) is 1. The van der Waals surface area contributed by atoms with Crippen LogP contribution >= 0.6 is 11.6 Å². The second-order valence-corrected chi connectivity index (χ2v) is 7.54. The quantitative estimate of drug-likeness (QED) is 0.846. The number of benzene rings is 1. The fourth-order valence-electron chi connectivity index (χ4n) is 3.55. The monoisotopic (exact) mass is 372 g/mol. The molecule has 6 heteroatoms. The summed E-state index contributed by atoms with van der Waals surface area (Å²) < 4.78 is 0. The summed E-state index contributed by atoms with van der Waals surface area (Å²) in [5, 5.41) is 3.69. The van der Waals surface area contributed by atoms with Gasteiger partial charge in [-0.2, -0.15) is 0 Å². The molecule has 5 nitrogen and oxygen atoms in total. The minimum Gasteiger partial charge on any atom is -0.348 e.